The minimum absolute atomic E-state index is 0.943. The van der Waals surface area contributed by atoms with Crippen molar-refractivity contribution in [1.82, 2.24) is 5.32 Å². The van der Waals surface area contributed by atoms with Crippen LogP contribution in [0.2, 0.25) is 19.6 Å². The topological polar surface area (TPSA) is 21.3 Å². The van der Waals surface area contributed by atoms with Crippen molar-refractivity contribution < 1.29 is 4.43 Å². The van der Waals surface area contributed by atoms with Crippen molar-refractivity contribution in [2.75, 3.05) is 6.54 Å². The van der Waals surface area contributed by atoms with Gasteiger partial charge in [-0.25, -0.2) is 0 Å². The number of fused-ring (bicyclic) bond motifs is 1. The number of benzene rings is 1. The van der Waals surface area contributed by atoms with Crippen molar-refractivity contribution in [2.45, 2.75) is 32.6 Å². The molecule has 2 nitrogen and oxygen atoms in total. The predicted octanol–water partition coefficient (Wildman–Crippen LogP) is 3.31. The second-order valence-electron chi connectivity index (χ2n) is 5.16. The van der Waals surface area contributed by atoms with Gasteiger partial charge in [-0.3, -0.25) is 0 Å². The smallest absolute Gasteiger partial charge is 0.242 e. The van der Waals surface area contributed by atoms with Gasteiger partial charge in [-0.15, -0.1) is 0 Å². The van der Waals surface area contributed by atoms with E-state index in [-0.39, 0.29) is 0 Å². The van der Waals surface area contributed by atoms with Crippen LogP contribution in [0.4, 0.5) is 0 Å². The van der Waals surface area contributed by atoms with Gasteiger partial charge >= 0.3 is 0 Å². The van der Waals surface area contributed by atoms with Crippen molar-refractivity contribution in [2.24, 2.45) is 0 Å². The van der Waals surface area contributed by atoms with Crippen LogP contribution in [0, 0.1) is 0 Å². The fourth-order valence-electron chi connectivity index (χ4n) is 1.91. The molecule has 1 heterocycles. The number of rotatable bonds is 2. The summed E-state index contributed by atoms with van der Waals surface area (Å²) in [5, 5.41) is 3.40. The molecule has 0 saturated heterocycles. The quantitative estimate of drug-likeness (QED) is 0.846. The highest BCUT2D eigenvalue weighted by molar-refractivity contribution is 9.10. The molecule has 0 aromatic heterocycles. The molecule has 2 rings (SSSR count). The molecular weight excluding hydrogens is 282 g/mol. The van der Waals surface area contributed by atoms with Gasteiger partial charge in [0.15, 0.2) is 0 Å². The number of nitrogens with one attached hydrogen (secondary N) is 1. The monoisotopic (exact) mass is 299 g/mol. The van der Waals surface area contributed by atoms with Crippen molar-refractivity contribution in [3.8, 4) is 5.75 Å². The van der Waals surface area contributed by atoms with Crippen LogP contribution in [0.25, 0.3) is 0 Å². The third-order valence-corrected chi connectivity index (χ3v) is 4.30. The van der Waals surface area contributed by atoms with Crippen molar-refractivity contribution in [3.05, 3.63) is 27.7 Å². The summed E-state index contributed by atoms with van der Waals surface area (Å²) in [6.45, 7) is 8.64. The first-order valence-electron chi connectivity index (χ1n) is 5.67. The first-order chi connectivity index (χ1) is 7.47. The summed E-state index contributed by atoms with van der Waals surface area (Å²) in [6, 6.07) is 4.31. The highest BCUT2D eigenvalue weighted by Crippen LogP contribution is 2.34. The highest BCUT2D eigenvalue weighted by atomic mass is 79.9. The number of halogens is 1. The maximum absolute atomic E-state index is 6.06. The Morgan fingerprint density at radius 1 is 1.31 bits per heavy atom. The molecule has 0 spiro atoms. The van der Waals surface area contributed by atoms with Gasteiger partial charge in [0.05, 0.1) is 4.47 Å². The average molecular weight is 300 g/mol. The SMILES string of the molecule is C[Si](C)(C)Oc1ccc2c(c1Br)CNCC2. The molecule has 1 aliphatic rings. The molecule has 16 heavy (non-hydrogen) atoms. The Morgan fingerprint density at radius 2 is 2.06 bits per heavy atom. The Hall–Kier alpha value is -0.323. The average Bonchev–Trinajstić information content (AvgIpc) is 2.21. The molecule has 88 valence electrons. The van der Waals surface area contributed by atoms with Crippen LogP contribution in [0.3, 0.4) is 0 Å². The zero-order chi connectivity index (χ0) is 11.8. The first kappa shape index (κ1) is 12.1. The molecule has 0 unspecified atom stereocenters. The zero-order valence-corrected chi connectivity index (χ0v) is 12.6. The lowest BCUT2D eigenvalue weighted by atomic mass is 10.0. The lowest BCUT2D eigenvalue weighted by molar-refractivity contribution is 0.548. The van der Waals surface area contributed by atoms with Crippen LogP contribution in [0.1, 0.15) is 11.1 Å². The van der Waals surface area contributed by atoms with E-state index in [1.807, 2.05) is 0 Å². The van der Waals surface area contributed by atoms with Gasteiger partial charge in [-0.2, -0.15) is 0 Å². The Morgan fingerprint density at radius 3 is 2.75 bits per heavy atom. The standard InChI is InChI=1S/C12H18BrNOSi/c1-16(2,3)15-11-5-4-9-6-7-14-8-10(9)12(11)13/h4-5,14H,6-8H2,1-3H3. The second kappa shape index (κ2) is 4.51. The van der Waals surface area contributed by atoms with Crippen LogP contribution in [0.5, 0.6) is 5.75 Å². The molecule has 0 radical (unpaired) electrons. The highest BCUT2D eigenvalue weighted by Gasteiger charge is 2.21. The predicted molar refractivity (Wildman–Crippen MR) is 73.5 cm³/mol. The summed E-state index contributed by atoms with van der Waals surface area (Å²) < 4.78 is 7.20. The van der Waals surface area contributed by atoms with E-state index in [0.29, 0.717) is 0 Å². The summed E-state index contributed by atoms with van der Waals surface area (Å²) in [4.78, 5) is 0. The van der Waals surface area contributed by atoms with E-state index in [2.05, 4.69) is 53.0 Å². The first-order valence-corrected chi connectivity index (χ1v) is 9.87. The van der Waals surface area contributed by atoms with Crippen LogP contribution >= 0.6 is 15.9 Å². The lowest BCUT2D eigenvalue weighted by Gasteiger charge is -2.24. The van der Waals surface area contributed by atoms with Crippen molar-refractivity contribution in [3.63, 3.8) is 0 Å². The molecule has 1 aromatic rings. The van der Waals surface area contributed by atoms with E-state index < -0.39 is 8.32 Å². The molecular formula is C12H18BrNOSi. The van der Waals surface area contributed by atoms with Crippen molar-refractivity contribution in [1.29, 1.82) is 0 Å². The molecule has 0 aliphatic carbocycles. The minimum atomic E-state index is -1.53. The van der Waals surface area contributed by atoms with Gasteiger partial charge in [0.2, 0.25) is 8.32 Å². The minimum Gasteiger partial charge on any atom is -0.544 e. The van der Waals surface area contributed by atoms with Crippen LogP contribution in [-0.2, 0) is 13.0 Å². The summed E-state index contributed by atoms with van der Waals surface area (Å²) in [7, 11) is -1.53. The second-order valence-corrected chi connectivity index (χ2v) is 10.4. The summed E-state index contributed by atoms with van der Waals surface area (Å²) in [5.41, 5.74) is 2.80. The van der Waals surface area contributed by atoms with E-state index in [1.54, 1.807) is 0 Å². The molecule has 1 N–H and O–H groups in total. The molecule has 0 amide bonds. The summed E-state index contributed by atoms with van der Waals surface area (Å²) in [5.74, 6) is 1.00. The van der Waals surface area contributed by atoms with Crippen LogP contribution < -0.4 is 9.74 Å². The van der Waals surface area contributed by atoms with Gasteiger partial charge in [0.25, 0.3) is 0 Å². The zero-order valence-electron chi connectivity index (χ0n) is 10.1. The Labute approximate surface area is 107 Å². The Kier molecular flexibility index (Phi) is 3.42. The van der Waals surface area contributed by atoms with Crippen molar-refractivity contribution >= 4 is 24.2 Å². The van der Waals surface area contributed by atoms with Gasteiger partial charge in [0, 0.05) is 6.54 Å². The molecule has 4 heteroatoms. The van der Waals surface area contributed by atoms with Crippen LogP contribution in [-0.4, -0.2) is 14.9 Å². The van der Waals surface area contributed by atoms with Gasteiger partial charge in [0.1, 0.15) is 5.75 Å². The third-order valence-electron chi connectivity index (χ3n) is 2.59. The van der Waals surface area contributed by atoms with E-state index in [1.165, 1.54) is 11.1 Å². The largest absolute Gasteiger partial charge is 0.544 e. The maximum Gasteiger partial charge on any atom is 0.242 e. The van der Waals surface area contributed by atoms with E-state index in [4.69, 9.17) is 4.43 Å². The molecule has 0 bridgehead atoms. The normalized spacial score (nSPS) is 15.8. The van der Waals surface area contributed by atoms with E-state index in [0.717, 1.165) is 29.7 Å². The van der Waals surface area contributed by atoms with E-state index >= 15 is 0 Å². The van der Waals surface area contributed by atoms with Gasteiger partial charge < -0.3 is 9.74 Å². The van der Waals surface area contributed by atoms with Gasteiger partial charge in [-0.05, 0) is 65.7 Å². The molecule has 1 aromatic carbocycles. The molecule has 0 atom stereocenters. The maximum atomic E-state index is 6.06. The van der Waals surface area contributed by atoms with Crippen LogP contribution in [0.15, 0.2) is 16.6 Å². The summed E-state index contributed by atoms with van der Waals surface area (Å²) >= 11 is 3.68. The Bertz CT molecular complexity index is 401. The third kappa shape index (κ3) is 2.67. The molecule has 0 fully saturated rings. The summed E-state index contributed by atoms with van der Waals surface area (Å²) in [6.07, 6.45) is 1.11. The molecule has 0 saturated carbocycles. The lowest BCUT2D eigenvalue weighted by Crippen LogP contribution is -2.30. The fraction of sp³-hybridized carbons (Fsp3) is 0.500. The van der Waals surface area contributed by atoms with Gasteiger partial charge in [-0.1, -0.05) is 6.07 Å². The number of hydrogen-bond donors (Lipinski definition) is 1. The van der Waals surface area contributed by atoms with E-state index in [9.17, 15) is 0 Å². The Balaban J connectivity index is 2.34. The number of hydrogen-bond acceptors (Lipinski definition) is 2. The molecule has 1 aliphatic heterocycles. The fourth-order valence-corrected chi connectivity index (χ4v) is 3.50.